The van der Waals surface area contributed by atoms with Gasteiger partial charge in [0, 0.05) is 25.5 Å². The smallest absolute Gasteiger partial charge is 0.177 e. The first kappa shape index (κ1) is 9.19. The van der Waals surface area contributed by atoms with Crippen LogP contribution in [0, 0.1) is 0 Å². The molecule has 0 spiro atoms. The van der Waals surface area contributed by atoms with Crippen molar-refractivity contribution in [2.45, 2.75) is 26.1 Å². The summed E-state index contributed by atoms with van der Waals surface area (Å²) in [4.78, 5) is 3.94. The molecule has 1 heterocycles. The van der Waals surface area contributed by atoms with E-state index in [2.05, 4.69) is 4.98 Å². The monoisotopic (exact) mass is 171 g/mol. The maximum Gasteiger partial charge on any atom is 0.177 e. The van der Waals surface area contributed by atoms with E-state index in [1.807, 2.05) is 6.92 Å². The van der Waals surface area contributed by atoms with Crippen LogP contribution in [-0.2, 0) is 12.2 Å². The Bertz CT molecular complexity index is 255. The first-order valence-electron chi connectivity index (χ1n) is 4.02. The van der Waals surface area contributed by atoms with E-state index in [9.17, 15) is 4.39 Å². The Morgan fingerprint density at radius 2 is 2.42 bits per heavy atom. The van der Waals surface area contributed by atoms with Crippen LogP contribution in [0.25, 0.3) is 0 Å². The maximum absolute atomic E-state index is 13.6. The second-order valence-corrected chi connectivity index (χ2v) is 2.94. The lowest BCUT2D eigenvalue weighted by atomic mass is 10.1. The van der Waals surface area contributed by atoms with Crippen molar-refractivity contribution in [2.75, 3.05) is 6.54 Å². The molecule has 0 aliphatic rings. The third-order valence-corrected chi connectivity index (χ3v) is 1.91. The zero-order chi connectivity index (χ0) is 9.19. The second-order valence-electron chi connectivity index (χ2n) is 2.94. The highest BCUT2D eigenvalue weighted by Gasteiger charge is 2.28. The van der Waals surface area contributed by atoms with E-state index in [0.717, 1.165) is 6.54 Å². The van der Waals surface area contributed by atoms with Crippen molar-refractivity contribution < 1.29 is 4.39 Å². The summed E-state index contributed by atoms with van der Waals surface area (Å²) in [5.41, 5.74) is 3.78. The molecule has 0 amide bonds. The quantitative estimate of drug-likeness (QED) is 0.738. The molecule has 0 radical (unpaired) electrons. The van der Waals surface area contributed by atoms with Gasteiger partial charge in [-0.3, -0.25) is 0 Å². The van der Waals surface area contributed by atoms with Gasteiger partial charge in [0.15, 0.2) is 5.67 Å². The molecule has 2 N–H and O–H groups in total. The van der Waals surface area contributed by atoms with Gasteiger partial charge >= 0.3 is 0 Å². The highest BCUT2D eigenvalue weighted by molar-refractivity contribution is 5.04. The molecular weight excluding hydrogens is 157 g/mol. The Morgan fingerprint density at radius 3 is 2.92 bits per heavy atom. The Kier molecular flexibility index (Phi) is 2.47. The van der Waals surface area contributed by atoms with Crippen molar-refractivity contribution in [3.63, 3.8) is 0 Å². The molecule has 1 unspecified atom stereocenters. The number of halogens is 1. The number of alkyl halides is 1. The molecule has 1 aromatic rings. The molecule has 0 saturated carbocycles. The van der Waals surface area contributed by atoms with Crippen molar-refractivity contribution in [2.24, 2.45) is 5.73 Å². The minimum Gasteiger partial charge on any atom is -0.332 e. The van der Waals surface area contributed by atoms with Crippen LogP contribution >= 0.6 is 0 Å². The van der Waals surface area contributed by atoms with E-state index in [1.54, 1.807) is 17.0 Å². The van der Waals surface area contributed by atoms with Crippen molar-refractivity contribution >= 4 is 0 Å². The number of hydrogen-bond donors (Lipinski definition) is 1. The summed E-state index contributed by atoms with van der Waals surface area (Å²) in [7, 11) is 0. The average Bonchev–Trinajstić information content (AvgIpc) is 2.52. The normalized spacial score (nSPS) is 16.0. The molecule has 3 nitrogen and oxygen atoms in total. The molecule has 4 heteroatoms. The number of aryl methyl sites for hydroxylation is 1. The predicted molar refractivity (Wildman–Crippen MR) is 45.4 cm³/mol. The zero-order valence-corrected chi connectivity index (χ0v) is 7.42. The third-order valence-electron chi connectivity index (χ3n) is 1.91. The van der Waals surface area contributed by atoms with Gasteiger partial charge in [-0.1, -0.05) is 0 Å². The topological polar surface area (TPSA) is 43.8 Å². The Hall–Kier alpha value is -0.900. The fourth-order valence-corrected chi connectivity index (χ4v) is 1.11. The molecule has 0 bridgehead atoms. The number of aromatic nitrogens is 2. The van der Waals surface area contributed by atoms with Gasteiger partial charge in [0.05, 0.1) is 0 Å². The van der Waals surface area contributed by atoms with Crippen LogP contribution in [0.1, 0.15) is 19.7 Å². The Balaban J connectivity index is 3.00. The average molecular weight is 171 g/mol. The molecule has 68 valence electrons. The third kappa shape index (κ3) is 1.48. The SMILES string of the molecule is CCn1ccnc1C(C)(F)CN. The fourth-order valence-electron chi connectivity index (χ4n) is 1.11. The molecule has 1 atom stereocenters. The van der Waals surface area contributed by atoms with Crippen molar-refractivity contribution in [3.05, 3.63) is 18.2 Å². The summed E-state index contributed by atoms with van der Waals surface area (Å²) in [6.45, 7) is 4.07. The maximum atomic E-state index is 13.6. The van der Waals surface area contributed by atoms with Crippen LogP contribution in [0.15, 0.2) is 12.4 Å². The van der Waals surface area contributed by atoms with Gasteiger partial charge in [0.25, 0.3) is 0 Å². The summed E-state index contributed by atoms with van der Waals surface area (Å²) >= 11 is 0. The number of rotatable bonds is 3. The molecule has 0 aliphatic heterocycles. The van der Waals surface area contributed by atoms with Crippen LogP contribution in [0.5, 0.6) is 0 Å². The van der Waals surface area contributed by atoms with Crippen LogP contribution in [0.2, 0.25) is 0 Å². The van der Waals surface area contributed by atoms with Gasteiger partial charge in [-0.2, -0.15) is 0 Å². The lowest BCUT2D eigenvalue weighted by Gasteiger charge is -2.18. The summed E-state index contributed by atoms with van der Waals surface area (Å²) in [6, 6.07) is 0. The highest BCUT2D eigenvalue weighted by atomic mass is 19.1. The number of nitrogens with two attached hydrogens (primary N) is 1. The second kappa shape index (κ2) is 3.23. The standard InChI is InChI=1S/C8H14FN3/c1-3-12-5-4-11-7(12)8(2,9)6-10/h4-5H,3,6,10H2,1-2H3. The van der Waals surface area contributed by atoms with Gasteiger partial charge in [0.1, 0.15) is 5.82 Å². The van der Waals surface area contributed by atoms with E-state index in [1.165, 1.54) is 6.92 Å². The van der Waals surface area contributed by atoms with Crippen LogP contribution < -0.4 is 5.73 Å². The highest BCUT2D eigenvalue weighted by Crippen LogP contribution is 2.21. The Morgan fingerprint density at radius 1 is 1.75 bits per heavy atom. The van der Waals surface area contributed by atoms with E-state index in [4.69, 9.17) is 5.73 Å². The van der Waals surface area contributed by atoms with Crippen molar-refractivity contribution in [1.29, 1.82) is 0 Å². The van der Waals surface area contributed by atoms with Crippen LogP contribution in [0.4, 0.5) is 4.39 Å². The number of imidazole rings is 1. The minimum absolute atomic E-state index is 0.0377. The fraction of sp³-hybridized carbons (Fsp3) is 0.625. The van der Waals surface area contributed by atoms with Gasteiger partial charge in [-0.25, -0.2) is 9.37 Å². The molecule has 0 aromatic carbocycles. The zero-order valence-electron chi connectivity index (χ0n) is 7.42. The number of nitrogens with zero attached hydrogens (tertiary/aromatic N) is 2. The van der Waals surface area contributed by atoms with Crippen LogP contribution in [-0.4, -0.2) is 16.1 Å². The molecule has 1 aromatic heterocycles. The summed E-state index contributed by atoms with van der Waals surface area (Å²) in [5.74, 6) is 0.410. The molecular formula is C8H14FN3. The van der Waals surface area contributed by atoms with E-state index in [0.29, 0.717) is 5.82 Å². The first-order valence-corrected chi connectivity index (χ1v) is 4.02. The molecule has 12 heavy (non-hydrogen) atoms. The summed E-state index contributed by atoms with van der Waals surface area (Å²) in [5, 5.41) is 0. The van der Waals surface area contributed by atoms with Gasteiger partial charge < -0.3 is 10.3 Å². The predicted octanol–water partition coefficient (Wildman–Crippen LogP) is 1.05. The van der Waals surface area contributed by atoms with Gasteiger partial charge in [-0.05, 0) is 13.8 Å². The number of hydrogen-bond acceptors (Lipinski definition) is 2. The molecule has 1 rings (SSSR count). The lowest BCUT2D eigenvalue weighted by molar-refractivity contribution is 0.183. The van der Waals surface area contributed by atoms with Gasteiger partial charge in [0.2, 0.25) is 0 Å². The van der Waals surface area contributed by atoms with E-state index in [-0.39, 0.29) is 6.54 Å². The van der Waals surface area contributed by atoms with Crippen molar-refractivity contribution in [1.82, 2.24) is 9.55 Å². The summed E-state index contributed by atoms with van der Waals surface area (Å²) in [6.07, 6.45) is 3.34. The first-order chi connectivity index (χ1) is 5.61. The molecule has 0 aliphatic carbocycles. The van der Waals surface area contributed by atoms with E-state index >= 15 is 0 Å². The minimum atomic E-state index is -1.51. The van der Waals surface area contributed by atoms with E-state index < -0.39 is 5.67 Å². The van der Waals surface area contributed by atoms with Crippen molar-refractivity contribution in [3.8, 4) is 0 Å². The largest absolute Gasteiger partial charge is 0.332 e. The molecule has 0 saturated heterocycles. The Labute approximate surface area is 71.4 Å². The van der Waals surface area contributed by atoms with Gasteiger partial charge in [-0.15, -0.1) is 0 Å². The molecule has 0 fully saturated rings. The lowest BCUT2D eigenvalue weighted by Crippen LogP contribution is -2.30. The van der Waals surface area contributed by atoms with Crippen LogP contribution in [0.3, 0.4) is 0 Å². The summed E-state index contributed by atoms with van der Waals surface area (Å²) < 4.78 is 15.4.